The van der Waals surface area contributed by atoms with Gasteiger partial charge in [0.2, 0.25) is 5.88 Å². The average molecular weight is 168 g/mol. The van der Waals surface area contributed by atoms with Crippen molar-refractivity contribution in [2.45, 2.75) is 27.2 Å². The first-order valence-corrected chi connectivity index (χ1v) is 4.14. The van der Waals surface area contributed by atoms with Crippen molar-refractivity contribution in [3.05, 3.63) is 11.8 Å². The first-order valence-electron chi connectivity index (χ1n) is 4.14. The molecule has 0 aliphatic carbocycles. The van der Waals surface area contributed by atoms with Gasteiger partial charge in [-0.05, 0) is 11.8 Å². The third kappa shape index (κ3) is 2.57. The maximum Gasteiger partial charge on any atom is 0.224 e. The molecule has 1 aromatic rings. The van der Waals surface area contributed by atoms with Crippen LogP contribution in [0.1, 0.15) is 26.5 Å². The molecule has 0 unspecified atom stereocenters. The smallest absolute Gasteiger partial charge is 0.224 e. The molecule has 1 N–H and O–H groups in total. The second-order valence-electron chi connectivity index (χ2n) is 4.17. The van der Waals surface area contributed by atoms with Gasteiger partial charge in [-0.2, -0.15) is 0 Å². The van der Waals surface area contributed by atoms with Gasteiger partial charge in [-0.1, -0.05) is 25.9 Å². The standard InChI is InChI=1S/C9H16N2O/c1-9(2,3)6-7-5-8(10-4)12-11-7/h5,10H,6H2,1-4H3. The van der Waals surface area contributed by atoms with Crippen LogP contribution in [0.5, 0.6) is 0 Å². The van der Waals surface area contributed by atoms with Crippen LogP contribution < -0.4 is 5.32 Å². The van der Waals surface area contributed by atoms with Crippen LogP contribution in [0.15, 0.2) is 10.6 Å². The molecule has 0 bridgehead atoms. The largest absolute Gasteiger partial charge is 0.357 e. The highest BCUT2D eigenvalue weighted by Crippen LogP contribution is 2.21. The first kappa shape index (κ1) is 9.10. The number of hydrogen-bond acceptors (Lipinski definition) is 3. The monoisotopic (exact) mass is 168 g/mol. The molecular formula is C9H16N2O. The van der Waals surface area contributed by atoms with Gasteiger partial charge < -0.3 is 9.84 Å². The lowest BCUT2D eigenvalue weighted by molar-refractivity contribution is 0.376. The van der Waals surface area contributed by atoms with Crippen LogP contribution in [0.2, 0.25) is 0 Å². The van der Waals surface area contributed by atoms with Crippen molar-refractivity contribution in [3.8, 4) is 0 Å². The Balaban J connectivity index is 2.64. The summed E-state index contributed by atoms with van der Waals surface area (Å²) in [6, 6.07) is 1.94. The summed E-state index contributed by atoms with van der Waals surface area (Å²) in [5, 5.41) is 6.84. The van der Waals surface area contributed by atoms with E-state index in [2.05, 4.69) is 31.2 Å². The number of aromatic nitrogens is 1. The minimum absolute atomic E-state index is 0.266. The highest BCUT2D eigenvalue weighted by atomic mass is 16.5. The lowest BCUT2D eigenvalue weighted by Crippen LogP contribution is -2.09. The Labute approximate surface area is 73.1 Å². The highest BCUT2D eigenvalue weighted by molar-refractivity contribution is 5.30. The van der Waals surface area contributed by atoms with E-state index in [1.807, 2.05) is 13.1 Å². The second-order valence-corrected chi connectivity index (χ2v) is 4.17. The molecule has 1 heterocycles. The van der Waals surface area contributed by atoms with Gasteiger partial charge in [0, 0.05) is 13.1 Å². The zero-order valence-corrected chi connectivity index (χ0v) is 8.14. The Kier molecular flexibility index (Phi) is 2.40. The van der Waals surface area contributed by atoms with E-state index >= 15 is 0 Å². The molecule has 0 spiro atoms. The molecule has 0 amide bonds. The van der Waals surface area contributed by atoms with Crippen molar-refractivity contribution < 1.29 is 4.52 Å². The van der Waals surface area contributed by atoms with Gasteiger partial charge in [-0.3, -0.25) is 0 Å². The molecule has 1 rings (SSSR count). The zero-order valence-electron chi connectivity index (χ0n) is 8.14. The Morgan fingerprint density at radius 2 is 2.17 bits per heavy atom. The molecule has 3 nitrogen and oxygen atoms in total. The van der Waals surface area contributed by atoms with Crippen molar-refractivity contribution >= 4 is 5.88 Å². The van der Waals surface area contributed by atoms with Gasteiger partial charge in [0.25, 0.3) is 0 Å². The summed E-state index contributed by atoms with van der Waals surface area (Å²) < 4.78 is 5.00. The molecular weight excluding hydrogens is 152 g/mol. The van der Waals surface area contributed by atoms with Crippen LogP contribution in [0.3, 0.4) is 0 Å². The SMILES string of the molecule is CNc1cc(CC(C)(C)C)no1. The summed E-state index contributed by atoms with van der Waals surface area (Å²) >= 11 is 0. The van der Waals surface area contributed by atoms with Crippen LogP contribution in [0, 0.1) is 5.41 Å². The van der Waals surface area contributed by atoms with E-state index in [0.717, 1.165) is 18.0 Å². The molecule has 0 saturated carbocycles. The van der Waals surface area contributed by atoms with Gasteiger partial charge >= 0.3 is 0 Å². The van der Waals surface area contributed by atoms with Crippen molar-refractivity contribution in [1.82, 2.24) is 5.16 Å². The van der Waals surface area contributed by atoms with Crippen LogP contribution in [-0.4, -0.2) is 12.2 Å². The molecule has 68 valence electrons. The van der Waals surface area contributed by atoms with E-state index < -0.39 is 0 Å². The van der Waals surface area contributed by atoms with E-state index in [1.54, 1.807) is 0 Å². The maximum absolute atomic E-state index is 5.00. The average Bonchev–Trinajstić information content (AvgIpc) is 2.32. The Bertz CT molecular complexity index is 247. The van der Waals surface area contributed by atoms with Gasteiger partial charge in [-0.25, -0.2) is 0 Å². The van der Waals surface area contributed by atoms with E-state index in [1.165, 1.54) is 0 Å². The third-order valence-corrected chi connectivity index (χ3v) is 1.52. The lowest BCUT2D eigenvalue weighted by atomic mass is 9.91. The number of rotatable bonds is 2. The molecule has 0 aliphatic rings. The zero-order chi connectivity index (χ0) is 9.19. The van der Waals surface area contributed by atoms with E-state index in [9.17, 15) is 0 Å². The van der Waals surface area contributed by atoms with Crippen molar-refractivity contribution in [2.24, 2.45) is 5.41 Å². The molecule has 3 heteroatoms. The molecule has 0 aliphatic heterocycles. The predicted molar refractivity (Wildman–Crippen MR) is 49.2 cm³/mol. The van der Waals surface area contributed by atoms with Gasteiger partial charge in [0.1, 0.15) is 0 Å². The Morgan fingerprint density at radius 3 is 2.58 bits per heavy atom. The predicted octanol–water partition coefficient (Wildman–Crippen LogP) is 2.30. The summed E-state index contributed by atoms with van der Waals surface area (Å²) in [6.07, 6.45) is 0.943. The molecule has 0 atom stereocenters. The number of hydrogen-bond donors (Lipinski definition) is 1. The molecule has 1 aromatic heterocycles. The highest BCUT2D eigenvalue weighted by Gasteiger charge is 2.14. The molecule has 0 radical (unpaired) electrons. The van der Waals surface area contributed by atoms with Gasteiger partial charge in [0.05, 0.1) is 5.69 Å². The minimum atomic E-state index is 0.266. The summed E-state index contributed by atoms with van der Waals surface area (Å²) in [6.45, 7) is 6.54. The van der Waals surface area contributed by atoms with E-state index in [-0.39, 0.29) is 5.41 Å². The van der Waals surface area contributed by atoms with Gasteiger partial charge in [0.15, 0.2) is 0 Å². The summed E-state index contributed by atoms with van der Waals surface area (Å²) in [5.41, 5.74) is 1.27. The quantitative estimate of drug-likeness (QED) is 0.736. The van der Waals surface area contributed by atoms with Crippen LogP contribution in [0.25, 0.3) is 0 Å². The first-order chi connectivity index (χ1) is 5.51. The fraction of sp³-hybridized carbons (Fsp3) is 0.667. The minimum Gasteiger partial charge on any atom is -0.357 e. The lowest BCUT2D eigenvalue weighted by Gasteiger charge is -2.14. The third-order valence-electron chi connectivity index (χ3n) is 1.52. The topological polar surface area (TPSA) is 38.1 Å². The van der Waals surface area contributed by atoms with Crippen molar-refractivity contribution in [1.29, 1.82) is 0 Å². The second kappa shape index (κ2) is 3.17. The number of anilines is 1. The molecule has 0 aromatic carbocycles. The summed E-state index contributed by atoms with van der Waals surface area (Å²) in [7, 11) is 1.82. The molecule has 0 fully saturated rings. The Morgan fingerprint density at radius 1 is 1.50 bits per heavy atom. The van der Waals surface area contributed by atoms with Crippen molar-refractivity contribution in [3.63, 3.8) is 0 Å². The molecule has 12 heavy (non-hydrogen) atoms. The van der Waals surface area contributed by atoms with Crippen molar-refractivity contribution in [2.75, 3.05) is 12.4 Å². The van der Waals surface area contributed by atoms with Crippen LogP contribution >= 0.6 is 0 Å². The normalized spacial score (nSPS) is 11.7. The fourth-order valence-electron chi connectivity index (χ4n) is 1.06. The summed E-state index contributed by atoms with van der Waals surface area (Å²) in [5.74, 6) is 0.731. The fourth-order valence-corrected chi connectivity index (χ4v) is 1.06. The van der Waals surface area contributed by atoms with Crippen LogP contribution in [0.4, 0.5) is 5.88 Å². The molecule has 0 saturated heterocycles. The van der Waals surface area contributed by atoms with Gasteiger partial charge in [-0.15, -0.1) is 0 Å². The number of nitrogens with one attached hydrogen (secondary N) is 1. The summed E-state index contributed by atoms with van der Waals surface area (Å²) in [4.78, 5) is 0. The van der Waals surface area contributed by atoms with Crippen LogP contribution in [-0.2, 0) is 6.42 Å². The Hall–Kier alpha value is -0.990. The number of nitrogens with zero attached hydrogens (tertiary/aromatic N) is 1. The maximum atomic E-state index is 5.00. The van der Waals surface area contributed by atoms with E-state index in [4.69, 9.17) is 4.52 Å². The van der Waals surface area contributed by atoms with E-state index in [0.29, 0.717) is 0 Å².